The number of aryl methyl sites for hydroxylation is 6. The van der Waals surface area contributed by atoms with E-state index in [0.29, 0.717) is 5.57 Å². The molecule has 2 atom stereocenters. The Kier molecular flexibility index (Phi) is 13.3. The van der Waals surface area contributed by atoms with E-state index < -0.39 is 5.54 Å². The molecule has 2 aromatic carbocycles. The molecule has 0 bridgehead atoms. The predicted molar refractivity (Wildman–Crippen MR) is 179 cm³/mol. The molecule has 234 valence electrons. The fourth-order valence-electron chi connectivity index (χ4n) is 6.96. The van der Waals surface area contributed by atoms with E-state index in [1.165, 1.54) is 27.8 Å². The summed E-state index contributed by atoms with van der Waals surface area (Å²) in [6.45, 7) is 14.5. The molecule has 2 aromatic rings. The van der Waals surface area contributed by atoms with Gasteiger partial charge in [-0.2, -0.15) is 23.5 Å². The van der Waals surface area contributed by atoms with Crippen LogP contribution in [0.3, 0.4) is 0 Å². The first kappa shape index (κ1) is 38.5. The molecule has 2 amide bonds. The first-order chi connectivity index (χ1) is 19.9. The third kappa shape index (κ3) is 6.99. The second-order valence-corrected chi connectivity index (χ2v) is 14.2. The normalized spacial score (nSPS) is 23.5. The Hall–Kier alpha value is -1.72. The standard InChI is InChI=1S/C17H21NOS.C16H19NO2S.CH4O.Na.H2O/c1-10-7-11(2)14(12(3)8-10)15-13(4)17(18-16(15)19)5-6-20-9-17;1-9-6-10(2)12(11(3)7-9)13-14(18)16(17-15(13)19)4-5-20-8-16;1-2;;/h7-8H,5-6,9H2,1-4H3,(H,18,19);6-7,18H,4-5,8H2,1-3H3,(H,17,19);2H,1H3;;1H2/q;;;+1;/p-1. The maximum Gasteiger partial charge on any atom is 1.00 e. The van der Waals surface area contributed by atoms with E-state index in [2.05, 4.69) is 62.6 Å². The molecule has 2 saturated heterocycles. The van der Waals surface area contributed by atoms with Gasteiger partial charge < -0.3 is 26.3 Å². The van der Waals surface area contributed by atoms with E-state index in [1.807, 2.05) is 32.5 Å². The number of amides is 2. The molecular formula is C34H45N2NaO5S2. The molecule has 10 heteroatoms. The Bertz CT molecular complexity index is 1330. The van der Waals surface area contributed by atoms with E-state index in [1.54, 1.807) is 11.8 Å². The van der Waals surface area contributed by atoms with Crippen molar-refractivity contribution in [1.29, 1.82) is 0 Å². The van der Waals surface area contributed by atoms with Crippen LogP contribution in [0.15, 0.2) is 35.6 Å². The molecule has 2 fully saturated rings. The minimum absolute atomic E-state index is 0. The smallest absolute Gasteiger partial charge is 0.870 e. The Morgan fingerprint density at radius 1 is 0.659 bits per heavy atom. The Balaban J connectivity index is 0.000000279. The van der Waals surface area contributed by atoms with Crippen LogP contribution in [-0.4, -0.2) is 68.7 Å². The summed E-state index contributed by atoms with van der Waals surface area (Å²) in [6.07, 6.45) is 1.87. The van der Waals surface area contributed by atoms with Crippen molar-refractivity contribution in [2.24, 2.45) is 0 Å². The summed E-state index contributed by atoms with van der Waals surface area (Å²) in [5, 5.41) is 23.9. The van der Waals surface area contributed by atoms with Crippen molar-refractivity contribution in [2.75, 3.05) is 30.1 Å². The van der Waals surface area contributed by atoms with Gasteiger partial charge in [0.05, 0.1) is 11.1 Å². The molecule has 5 N–H and O–H groups in total. The van der Waals surface area contributed by atoms with Gasteiger partial charge in [-0.25, -0.2) is 0 Å². The fourth-order valence-corrected chi connectivity index (χ4v) is 9.72. The van der Waals surface area contributed by atoms with Gasteiger partial charge >= 0.3 is 29.6 Å². The topological polar surface area (TPSA) is 129 Å². The zero-order valence-corrected chi connectivity index (χ0v) is 31.2. The summed E-state index contributed by atoms with van der Waals surface area (Å²) in [5.41, 5.74) is 11.0. The Labute approximate surface area is 292 Å². The number of hydrogen-bond donors (Lipinski definition) is 4. The van der Waals surface area contributed by atoms with Gasteiger partial charge in [0.2, 0.25) is 0 Å². The van der Waals surface area contributed by atoms with Crippen molar-refractivity contribution in [3.8, 4) is 0 Å². The number of nitrogens with one attached hydrogen (secondary N) is 2. The number of hydrogen-bond acceptors (Lipinski definition) is 7. The number of benzene rings is 2. The van der Waals surface area contributed by atoms with Gasteiger partial charge in [0.15, 0.2) is 0 Å². The first-order valence-electron chi connectivity index (χ1n) is 14.5. The van der Waals surface area contributed by atoms with Crippen LogP contribution in [0.25, 0.3) is 11.1 Å². The monoisotopic (exact) mass is 648 g/mol. The molecule has 4 aliphatic heterocycles. The van der Waals surface area contributed by atoms with Crippen molar-refractivity contribution in [2.45, 2.75) is 72.4 Å². The second kappa shape index (κ2) is 15.2. The van der Waals surface area contributed by atoms with Gasteiger partial charge in [-0.05, 0) is 112 Å². The maximum absolute atomic E-state index is 12.6. The molecule has 0 radical (unpaired) electrons. The molecular weight excluding hydrogens is 604 g/mol. The third-order valence-electron chi connectivity index (χ3n) is 8.84. The quantitative estimate of drug-likeness (QED) is 0.369. The number of thioether (sulfide) groups is 2. The average molecular weight is 649 g/mol. The maximum atomic E-state index is 12.6. The molecule has 4 heterocycles. The zero-order valence-electron chi connectivity index (χ0n) is 27.5. The fraction of sp³-hybridized carbons (Fsp3) is 0.471. The molecule has 0 aromatic heterocycles. The number of aliphatic hydroxyl groups excluding tert-OH is 2. The van der Waals surface area contributed by atoms with Crippen LogP contribution >= 0.6 is 23.5 Å². The van der Waals surface area contributed by atoms with E-state index in [9.17, 15) is 14.7 Å². The van der Waals surface area contributed by atoms with Crippen molar-refractivity contribution < 1.29 is 54.8 Å². The number of rotatable bonds is 2. The minimum atomic E-state index is -0.527. The van der Waals surface area contributed by atoms with E-state index in [4.69, 9.17) is 5.11 Å². The molecule has 0 aliphatic carbocycles. The summed E-state index contributed by atoms with van der Waals surface area (Å²) in [5.74, 6) is 4.10. The predicted octanol–water partition coefficient (Wildman–Crippen LogP) is 2.71. The number of carbonyl (C=O) groups excluding carboxylic acids is 2. The first-order valence-corrected chi connectivity index (χ1v) is 16.8. The van der Waals surface area contributed by atoms with Crippen LogP contribution in [0.4, 0.5) is 0 Å². The molecule has 44 heavy (non-hydrogen) atoms. The Morgan fingerprint density at radius 2 is 1.02 bits per heavy atom. The van der Waals surface area contributed by atoms with Gasteiger partial charge in [-0.1, -0.05) is 35.4 Å². The molecule has 4 aliphatic rings. The van der Waals surface area contributed by atoms with Crippen LogP contribution in [0, 0.1) is 41.5 Å². The summed E-state index contributed by atoms with van der Waals surface area (Å²) >= 11 is 3.71. The summed E-state index contributed by atoms with van der Waals surface area (Å²) in [4.78, 5) is 25.0. The van der Waals surface area contributed by atoms with Crippen molar-refractivity contribution in [3.63, 3.8) is 0 Å². The average Bonchev–Trinajstić information content (AvgIpc) is 3.68. The van der Waals surface area contributed by atoms with Crippen molar-refractivity contribution in [1.82, 2.24) is 10.6 Å². The van der Waals surface area contributed by atoms with Crippen LogP contribution in [-0.2, 0) is 9.59 Å². The largest absolute Gasteiger partial charge is 1.00 e. The molecule has 6 rings (SSSR count). The number of carbonyl (C=O) groups is 2. The van der Waals surface area contributed by atoms with E-state index >= 15 is 0 Å². The second-order valence-electron chi connectivity index (χ2n) is 11.9. The van der Waals surface area contributed by atoms with Crippen LogP contribution in [0.2, 0.25) is 0 Å². The van der Waals surface area contributed by atoms with Crippen LogP contribution in [0.5, 0.6) is 0 Å². The Morgan fingerprint density at radius 3 is 1.43 bits per heavy atom. The summed E-state index contributed by atoms with van der Waals surface area (Å²) in [7, 11) is 1.00. The van der Waals surface area contributed by atoms with Crippen molar-refractivity contribution >= 4 is 46.5 Å². The van der Waals surface area contributed by atoms with Gasteiger partial charge in [0, 0.05) is 24.2 Å². The number of aliphatic hydroxyl groups is 2. The third-order valence-corrected chi connectivity index (χ3v) is 11.2. The summed E-state index contributed by atoms with van der Waals surface area (Å²) in [6, 6.07) is 8.46. The van der Waals surface area contributed by atoms with Crippen LogP contribution < -0.4 is 40.2 Å². The minimum Gasteiger partial charge on any atom is -0.870 e. The van der Waals surface area contributed by atoms with Gasteiger partial charge in [0.25, 0.3) is 11.8 Å². The molecule has 2 spiro atoms. The van der Waals surface area contributed by atoms with E-state index in [-0.39, 0.29) is 58.1 Å². The van der Waals surface area contributed by atoms with Crippen LogP contribution in [0.1, 0.15) is 64.3 Å². The van der Waals surface area contributed by atoms with E-state index in [0.717, 1.165) is 70.8 Å². The molecule has 2 unspecified atom stereocenters. The van der Waals surface area contributed by atoms with Gasteiger partial charge in [-0.15, -0.1) is 0 Å². The summed E-state index contributed by atoms with van der Waals surface area (Å²) < 4.78 is 0. The SMILES string of the molecule is CC1=C(c2c(C)cc(C)cc2C)C(=O)NC12CCSC2.CO.Cc1cc(C)c(C2=C(O)C3(CCSC3)NC2=O)c(C)c1.[Na+].[OH-]. The van der Waals surface area contributed by atoms with Gasteiger partial charge in [-0.3, -0.25) is 9.59 Å². The van der Waals surface area contributed by atoms with Gasteiger partial charge in [0.1, 0.15) is 11.3 Å². The zero-order chi connectivity index (χ0) is 31.0. The molecule has 0 saturated carbocycles. The molecule has 7 nitrogen and oxygen atoms in total. The van der Waals surface area contributed by atoms with Crippen molar-refractivity contribution in [3.05, 3.63) is 80.1 Å².